The third kappa shape index (κ3) is 10.1. The SMILES string of the molecule is O=C(NCC(O)C(O)C(O)C(O)CO)[C@H]1CCN(C(=O)Cc2c(F)cc(OCCCC3CCN(c4ncc(Cl)cn4)CC3)cc2F)C1. The highest BCUT2D eigenvalue weighted by molar-refractivity contribution is 6.30. The van der Waals surface area contributed by atoms with Gasteiger partial charge >= 0.3 is 0 Å². The van der Waals surface area contributed by atoms with Crippen LogP contribution in [-0.2, 0) is 16.0 Å². The standard InChI is InChI=1S/C31H42ClF2N5O8/c32-20-13-36-31(37-14-20)38-6-3-18(4-7-38)2-1-9-47-21-10-23(33)22(24(34)11-21)12-27(43)39-8-5-19(16-39)30(46)35-15-25(41)28(44)29(45)26(42)17-40/h10-11,13-14,18-19,25-26,28-29,40-42,44-45H,1-9,12,15-17H2,(H,35,46)/t19-,25?,26?,28?,29?/m0/s1. The maximum absolute atomic E-state index is 14.9. The third-order valence-corrected chi connectivity index (χ3v) is 8.89. The molecule has 4 rings (SSSR count). The first-order valence-electron chi connectivity index (χ1n) is 15.7. The van der Waals surface area contributed by atoms with Crippen LogP contribution in [0.15, 0.2) is 24.5 Å². The summed E-state index contributed by atoms with van der Waals surface area (Å²) in [6.07, 6.45) is -0.521. The fourth-order valence-electron chi connectivity index (χ4n) is 5.78. The number of aliphatic hydroxyl groups is 5. The van der Waals surface area contributed by atoms with E-state index < -0.39 is 78.9 Å². The largest absolute Gasteiger partial charge is 0.493 e. The van der Waals surface area contributed by atoms with E-state index in [2.05, 4.69) is 20.2 Å². The minimum absolute atomic E-state index is 0.00642. The summed E-state index contributed by atoms with van der Waals surface area (Å²) < 4.78 is 35.3. The number of hydrogen-bond donors (Lipinski definition) is 6. The zero-order valence-corrected chi connectivity index (χ0v) is 26.6. The minimum Gasteiger partial charge on any atom is -0.493 e. The van der Waals surface area contributed by atoms with Crippen LogP contribution in [0.5, 0.6) is 5.75 Å². The lowest BCUT2D eigenvalue weighted by Crippen LogP contribution is -2.50. The van der Waals surface area contributed by atoms with E-state index in [4.69, 9.17) is 21.4 Å². The van der Waals surface area contributed by atoms with Crippen molar-refractivity contribution in [3.63, 3.8) is 0 Å². The van der Waals surface area contributed by atoms with Gasteiger partial charge in [0.15, 0.2) is 0 Å². The molecule has 0 aliphatic carbocycles. The molecule has 13 nitrogen and oxygen atoms in total. The second-order valence-corrected chi connectivity index (χ2v) is 12.5. The van der Waals surface area contributed by atoms with Crippen LogP contribution in [-0.4, -0.2) is 123 Å². The highest BCUT2D eigenvalue weighted by atomic mass is 35.5. The maximum Gasteiger partial charge on any atom is 0.227 e. The lowest BCUT2D eigenvalue weighted by atomic mass is 9.92. The highest BCUT2D eigenvalue weighted by Crippen LogP contribution is 2.26. The number of carbonyl (C=O) groups is 2. The summed E-state index contributed by atoms with van der Waals surface area (Å²) >= 11 is 5.86. The number of nitrogens with one attached hydrogen (secondary N) is 1. The molecule has 2 aromatic rings. The predicted molar refractivity (Wildman–Crippen MR) is 166 cm³/mol. The van der Waals surface area contributed by atoms with Crippen molar-refractivity contribution in [2.45, 2.75) is 62.9 Å². The topological polar surface area (TPSA) is 189 Å². The Morgan fingerprint density at radius 3 is 2.28 bits per heavy atom. The van der Waals surface area contributed by atoms with E-state index in [1.165, 1.54) is 4.90 Å². The van der Waals surface area contributed by atoms with E-state index in [0.29, 0.717) is 23.3 Å². The zero-order chi connectivity index (χ0) is 34.1. The Morgan fingerprint density at radius 2 is 1.64 bits per heavy atom. The summed E-state index contributed by atoms with van der Waals surface area (Å²) in [5.74, 6) is -2.37. The lowest BCUT2D eigenvalue weighted by Gasteiger charge is -2.31. The average Bonchev–Trinajstić information content (AvgIpc) is 3.57. The van der Waals surface area contributed by atoms with E-state index in [-0.39, 0.29) is 31.9 Å². The number of aromatic nitrogens is 2. The first-order chi connectivity index (χ1) is 22.5. The second kappa shape index (κ2) is 17.3. The highest BCUT2D eigenvalue weighted by Gasteiger charge is 2.34. The molecule has 6 N–H and O–H groups in total. The molecule has 0 saturated carbocycles. The fourth-order valence-corrected chi connectivity index (χ4v) is 5.88. The quantitative estimate of drug-likeness (QED) is 0.143. The molecule has 260 valence electrons. The van der Waals surface area contributed by atoms with Gasteiger partial charge in [0.1, 0.15) is 35.7 Å². The minimum atomic E-state index is -1.83. The molecular weight excluding hydrogens is 644 g/mol. The van der Waals surface area contributed by atoms with Gasteiger partial charge in [0.25, 0.3) is 0 Å². The Kier molecular flexibility index (Phi) is 13.5. The van der Waals surface area contributed by atoms with Gasteiger partial charge in [-0.2, -0.15) is 0 Å². The van der Waals surface area contributed by atoms with Crippen molar-refractivity contribution in [3.05, 3.63) is 46.7 Å². The van der Waals surface area contributed by atoms with Crippen molar-refractivity contribution >= 4 is 29.4 Å². The summed E-state index contributed by atoms with van der Waals surface area (Å²) in [4.78, 5) is 37.3. The molecule has 3 heterocycles. The van der Waals surface area contributed by atoms with Crippen LogP contribution in [0.4, 0.5) is 14.7 Å². The van der Waals surface area contributed by atoms with Gasteiger partial charge < -0.3 is 45.4 Å². The summed E-state index contributed by atoms with van der Waals surface area (Å²) in [6.45, 7) is 0.834. The number of piperidine rings is 1. The fraction of sp³-hybridized carbons (Fsp3) is 0.613. The molecule has 2 aliphatic heterocycles. The van der Waals surface area contributed by atoms with Crippen LogP contribution >= 0.6 is 11.6 Å². The number of rotatable bonds is 15. The molecule has 2 fully saturated rings. The van der Waals surface area contributed by atoms with Gasteiger partial charge in [0.2, 0.25) is 17.8 Å². The molecule has 2 aliphatic rings. The summed E-state index contributed by atoms with van der Waals surface area (Å²) in [5, 5.41) is 50.7. The number of aliphatic hydroxyl groups excluding tert-OH is 5. The van der Waals surface area contributed by atoms with Gasteiger partial charge in [-0.3, -0.25) is 9.59 Å². The molecule has 0 bridgehead atoms. The first-order valence-corrected chi connectivity index (χ1v) is 16.1. The first kappa shape index (κ1) is 36.6. The Bertz CT molecular complexity index is 1310. The molecule has 1 aromatic heterocycles. The van der Waals surface area contributed by atoms with Crippen molar-refractivity contribution in [1.82, 2.24) is 20.2 Å². The maximum atomic E-state index is 14.9. The lowest BCUT2D eigenvalue weighted by molar-refractivity contribution is -0.131. The Morgan fingerprint density at radius 1 is 1.00 bits per heavy atom. The number of likely N-dealkylation sites (tertiary alicyclic amines) is 1. The number of halogens is 3. The number of hydrogen-bond acceptors (Lipinski definition) is 11. The smallest absolute Gasteiger partial charge is 0.227 e. The Labute approximate surface area is 276 Å². The summed E-state index contributed by atoms with van der Waals surface area (Å²) in [5.41, 5.74) is -0.396. The summed E-state index contributed by atoms with van der Waals surface area (Å²) in [6, 6.07) is 2.12. The van der Waals surface area contributed by atoms with Crippen LogP contribution < -0.4 is 15.0 Å². The van der Waals surface area contributed by atoms with Crippen LogP contribution in [0, 0.1) is 23.5 Å². The third-order valence-electron chi connectivity index (χ3n) is 8.69. The zero-order valence-electron chi connectivity index (χ0n) is 25.8. The average molecular weight is 686 g/mol. The number of nitrogens with zero attached hydrogens (tertiary/aromatic N) is 4. The molecule has 16 heteroatoms. The van der Waals surface area contributed by atoms with Gasteiger partial charge in [-0.15, -0.1) is 0 Å². The van der Waals surface area contributed by atoms with Crippen molar-refractivity contribution in [1.29, 1.82) is 0 Å². The van der Waals surface area contributed by atoms with Gasteiger partial charge in [0.05, 0.1) is 49.1 Å². The van der Waals surface area contributed by atoms with Crippen molar-refractivity contribution < 1.29 is 48.6 Å². The monoisotopic (exact) mass is 685 g/mol. The summed E-state index contributed by atoms with van der Waals surface area (Å²) in [7, 11) is 0. The van der Waals surface area contributed by atoms with Crippen molar-refractivity contribution in [3.8, 4) is 5.75 Å². The van der Waals surface area contributed by atoms with Gasteiger partial charge in [-0.1, -0.05) is 11.6 Å². The normalized spacial score (nSPS) is 19.7. The Balaban J connectivity index is 1.16. The van der Waals surface area contributed by atoms with E-state index in [1.807, 2.05) is 0 Å². The number of ether oxygens (including phenoxy) is 1. The van der Waals surface area contributed by atoms with Crippen LogP contribution in [0.1, 0.15) is 37.7 Å². The molecule has 2 amide bonds. The molecule has 0 spiro atoms. The number of amides is 2. The van der Waals surface area contributed by atoms with E-state index in [9.17, 15) is 38.8 Å². The molecule has 47 heavy (non-hydrogen) atoms. The number of benzene rings is 1. The van der Waals surface area contributed by atoms with Crippen LogP contribution in [0.25, 0.3) is 0 Å². The predicted octanol–water partition coefficient (Wildman–Crippen LogP) is 0.427. The molecule has 4 unspecified atom stereocenters. The molecule has 0 radical (unpaired) electrons. The van der Waals surface area contributed by atoms with E-state index >= 15 is 0 Å². The van der Waals surface area contributed by atoms with Crippen molar-refractivity contribution in [2.24, 2.45) is 11.8 Å². The molecule has 2 saturated heterocycles. The van der Waals surface area contributed by atoms with Crippen LogP contribution in [0.2, 0.25) is 5.02 Å². The van der Waals surface area contributed by atoms with Gasteiger partial charge in [0, 0.05) is 50.4 Å². The van der Waals surface area contributed by atoms with E-state index in [0.717, 1.165) is 44.5 Å². The number of anilines is 1. The van der Waals surface area contributed by atoms with E-state index in [1.54, 1.807) is 12.4 Å². The second-order valence-electron chi connectivity index (χ2n) is 12.0. The number of carbonyl (C=O) groups excluding carboxylic acids is 2. The molecule has 5 atom stereocenters. The van der Waals surface area contributed by atoms with Crippen molar-refractivity contribution in [2.75, 3.05) is 50.8 Å². The van der Waals surface area contributed by atoms with Gasteiger partial charge in [-0.05, 0) is 38.0 Å². The molecule has 1 aromatic carbocycles. The van der Waals surface area contributed by atoms with Crippen LogP contribution in [0.3, 0.4) is 0 Å². The molecular formula is C31H42ClF2N5O8. The Hall–Kier alpha value is -3.21. The van der Waals surface area contributed by atoms with Gasteiger partial charge in [-0.25, -0.2) is 18.7 Å².